The van der Waals surface area contributed by atoms with Gasteiger partial charge in [-0.3, -0.25) is 4.79 Å². The zero-order chi connectivity index (χ0) is 11.5. The molecule has 0 atom stereocenters. The molecule has 2 aromatic rings. The predicted molar refractivity (Wildman–Crippen MR) is 71.2 cm³/mol. The van der Waals surface area contributed by atoms with Crippen molar-refractivity contribution >= 4 is 49.6 Å². The maximum Gasteiger partial charge on any atom is 0.231 e. The number of halogens is 1. The van der Waals surface area contributed by atoms with Gasteiger partial charge in [0.1, 0.15) is 0 Å². The number of anilines is 1. The lowest BCUT2D eigenvalue weighted by Crippen LogP contribution is -2.13. The number of aryl methyl sites for hydroxylation is 1. The standard InChI is InChI=1S/C10H9BrN2OS2/c1-6-4-16-10(12-6)13-9(14)3-8-2-7(11)5-15-8/h2,4-5H,3H2,1H3,(H,12,13,14). The van der Waals surface area contributed by atoms with E-state index in [0.29, 0.717) is 11.6 Å². The first-order valence-corrected chi connectivity index (χ1v) is 7.13. The molecule has 0 fully saturated rings. The summed E-state index contributed by atoms with van der Waals surface area (Å²) in [6.45, 7) is 1.91. The number of hydrogen-bond donors (Lipinski definition) is 1. The van der Waals surface area contributed by atoms with Gasteiger partial charge in [-0.2, -0.15) is 0 Å². The fraction of sp³-hybridized carbons (Fsp3) is 0.200. The van der Waals surface area contributed by atoms with E-state index < -0.39 is 0 Å². The number of aromatic nitrogens is 1. The normalized spacial score (nSPS) is 10.4. The highest BCUT2D eigenvalue weighted by Gasteiger charge is 2.07. The van der Waals surface area contributed by atoms with Crippen LogP contribution < -0.4 is 5.32 Å². The van der Waals surface area contributed by atoms with Crippen LogP contribution in [0, 0.1) is 6.92 Å². The third-order valence-corrected chi connectivity index (χ3v) is 4.40. The second kappa shape index (κ2) is 5.07. The van der Waals surface area contributed by atoms with Gasteiger partial charge in [-0.05, 0) is 28.9 Å². The van der Waals surface area contributed by atoms with Gasteiger partial charge in [-0.25, -0.2) is 4.98 Å². The zero-order valence-electron chi connectivity index (χ0n) is 8.49. The molecule has 2 aromatic heterocycles. The van der Waals surface area contributed by atoms with E-state index in [9.17, 15) is 4.79 Å². The zero-order valence-corrected chi connectivity index (χ0v) is 11.7. The monoisotopic (exact) mass is 316 g/mol. The highest BCUT2D eigenvalue weighted by molar-refractivity contribution is 9.10. The van der Waals surface area contributed by atoms with Crippen molar-refractivity contribution in [2.75, 3.05) is 5.32 Å². The van der Waals surface area contributed by atoms with Gasteiger partial charge in [0.2, 0.25) is 5.91 Å². The number of hydrogen-bond acceptors (Lipinski definition) is 4. The van der Waals surface area contributed by atoms with Crippen LogP contribution in [0.4, 0.5) is 5.13 Å². The second-order valence-corrected chi connectivity index (χ2v) is 6.02. The van der Waals surface area contributed by atoms with Crippen molar-refractivity contribution < 1.29 is 4.79 Å². The molecule has 0 aliphatic carbocycles. The van der Waals surface area contributed by atoms with Crippen LogP contribution in [-0.4, -0.2) is 10.9 Å². The van der Waals surface area contributed by atoms with E-state index in [1.807, 2.05) is 23.8 Å². The van der Waals surface area contributed by atoms with Crippen LogP contribution in [0.2, 0.25) is 0 Å². The third kappa shape index (κ3) is 3.13. The molecule has 0 aliphatic heterocycles. The minimum absolute atomic E-state index is 0.0244. The van der Waals surface area contributed by atoms with Gasteiger partial charge in [0, 0.05) is 20.1 Å². The highest BCUT2D eigenvalue weighted by Crippen LogP contribution is 2.21. The predicted octanol–water partition coefficient (Wildman–Crippen LogP) is 3.46. The minimum atomic E-state index is -0.0244. The summed E-state index contributed by atoms with van der Waals surface area (Å²) in [7, 11) is 0. The van der Waals surface area contributed by atoms with Crippen molar-refractivity contribution in [1.29, 1.82) is 0 Å². The fourth-order valence-electron chi connectivity index (χ4n) is 1.18. The Morgan fingerprint density at radius 2 is 2.31 bits per heavy atom. The minimum Gasteiger partial charge on any atom is -0.302 e. The average molecular weight is 317 g/mol. The molecule has 2 heterocycles. The summed E-state index contributed by atoms with van der Waals surface area (Å²) >= 11 is 6.37. The van der Waals surface area contributed by atoms with E-state index in [4.69, 9.17) is 0 Å². The number of nitrogens with zero attached hydrogens (tertiary/aromatic N) is 1. The maximum atomic E-state index is 11.6. The molecule has 2 rings (SSSR count). The van der Waals surface area contributed by atoms with Gasteiger partial charge in [0.15, 0.2) is 5.13 Å². The van der Waals surface area contributed by atoms with E-state index in [-0.39, 0.29) is 5.91 Å². The van der Waals surface area contributed by atoms with E-state index in [0.717, 1.165) is 15.0 Å². The molecule has 0 aliphatic rings. The Morgan fingerprint density at radius 1 is 1.50 bits per heavy atom. The van der Waals surface area contributed by atoms with Crippen molar-refractivity contribution in [1.82, 2.24) is 4.98 Å². The van der Waals surface area contributed by atoms with Gasteiger partial charge < -0.3 is 5.32 Å². The summed E-state index contributed by atoms with van der Waals surface area (Å²) in [4.78, 5) is 16.9. The molecular formula is C10H9BrN2OS2. The van der Waals surface area contributed by atoms with Gasteiger partial charge >= 0.3 is 0 Å². The Hall–Kier alpha value is -0.720. The lowest BCUT2D eigenvalue weighted by atomic mass is 10.3. The second-order valence-electron chi connectivity index (χ2n) is 3.25. The van der Waals surface area contributed by atoms with Crippen LogP contribution in [0.5, 0.6) is 0 Å². The molecule has 84 valence electrons. The number of amides is 1. The van der Waals surface area contributed by atoms with Gasteiger partial charge in [0.05, 0.1) is 12.1 Å². The van der Waals surface area contributed by atoms with E-state index in [1.165, 1.54) is 11.3 Å². The molecule has 0 spiro atoms. The van der Waals surface area contributed by atoms with Crippen LogP contribution in [0.3, 0.4) is 0 Å². The molecule has 1 amide bonds. The summed E-state index contributed by atoms with van der Waals surface area (Å²) in [5, 5.41) is 7.33. The van der Waals surface area contributed by atoms with E-state index in [1.54, 1.807) is 11.3 Å². The van der Waals surface area contributed by atoms with Crippen LogP contribution in [0.15, 0.2) is 21.3 Å². The number of nitrogens with one attached hydrogen (secondary N) is 1. The lowest BCUT2D eigenvalue weighted by Gasteiger charge is -1.98. The van der Waals surface area contributed by atoms with Gasteiger partial charge in [-0.1, -0.05) is 0 Å². The first kappa shape index (κ1) is 11.8. The molecule has 0 saturated heterocycles. The van der Waals surface area contributed by atoms with Gasteiger partial charge in [-0.15, -0.1) is 22.7 Å². The topological polar surface area (TPSA) is 42.0 Å². The smallest absolute Gasteiger partial charge is 0.231 e. The van der Waals surface area contributed by atoms with Crippen molar-refractivity contribution in [2.45, 2.75) is 13.3 Å². The molecular weight excluding hydrogens is 308 g/mol. The molecule has 0 saturated carbocycles. The largest absolute Gasteiger partial charge is 0.302 e. The molecule has 0 bridgehead atoms. The number of carbonyl (C=O) groups is 1. The summed E-state index contributed by atoms with van der Waals surface area (Å²) in [5.74, 6) is -0.0244. The van der Waals surface area contributed by atoms with Crippen molar-refractivity contribution in [3.8, 4) is 0 Å². The Bertz CT molecular complexity index is 462. The van der Waals surface area contributed by atoms with Crippen molar-refractivity contribution in [2.24, 2.45) is 0 Å². The molecule has 16 heavy (non-hydrogen) atoms. The molecule has 0 unspecified atom stereocenters. The number of thiophene rings is 1. The summed E-state index contributed by atoms with van der Waals surface area (Å²) in [5.41, 5.74) is 0.930. The van der Waals surface area contributed by atoms with Crippen molar-refractivity contribution in [3.05, 3.63) is 31.9 Å². The summed E-state index contributed by atoms with van der Waals surface area (Å²) in [6, 6.07) is 1.96. The molecule has 1 N–H and O–H groups in total. The summed E-state index contributed by atoms with van der Waals surface area (Å²) in [6.07, 6.45) is 0.398. The number of carbonyl (C=O) groups excluding carboxylic acids is 1. The molecule has 3 nitrogen and oxygen atoms in total. The van der Waals surface area contributed by atoms with E-state index in [2.05, 4.69) is 26.2 Å². The highest BCUT2D eigenvalue weighted by atomic mass is 79.9. The first-order chi connectivity index (χ1) is 7.63. The van der Waals surface area contributed by atoms with E-state index >= 15 is 0 Å². The van der Waals surface area contributed by atoms with Crippen molar-refractivity contribution in [3.63, 3.8) is 0 Å². The average Bonchev–Trinajstić information content (AvgIpc) is 2.76. The molecule has 6 heteroatoms. The Balaban J connectivity index is 1.94. The molecule has 0 radical (unpaired) electrons. The maximum absolute atomic E-state index is 11.6. The fourth-order valence-corrected chi connectivity index (χ4v) is 3.33. The van der Waals surface area contributed by atoms with Crippen LogP contribution in [-0.2, 0) is 11.2 Å². The summed E-state index contributed by atoms with van der Waals surface area (Å²) < 4.78 is 1.02. The van der Waals surface area contributed by atoms with Crippen LogP contribution in [0.25, 0.3) is 0 Å². The number of thiazole rings is 1. The number of rotatable bonds is 3. The van der Waals surface area contributed by atoms with Crippen LogP contribution in [0.1, 0.15) is 10.6 Å². The Kier molecular flexibility index (Phi) is 3.73. The lowest BCUT2D eigenvalue weighted by molar-refractivity contribution is -0.115. The van der Waals surface area contributed by atoms with Gasteiger partial charge in [0.25, 0.3) is 0 Å². The Labute approximate surface area is 110 Å². The molecule has 0 aromatic carbocycles. The quantitative estimate of drug-likeness (QED) is 0.942. The first-order valence-electron chi connectivity index (χ1n) is 4.58. The SMILES string of the molecule is Cc1csc(NC(=O)Cc2cc(Br)cs2)n1. The van der Waals surface area contributed by atoms with Crippen LogP contribution >= 0.6 is 38.6 Å². The third-order valence-electron chi connectivity index (χ3n) is 1.82. The Morgan fingerprint density at radius 3 is 2.88 bits per heavy atom.